The van der Waals surface area contributed by atoms with Gasteiger partial charge in [-0.15, -0.1) is 0 Å². The van der Waals surface area contributed by atoms with Gasteiger partial charge in [0.15, 0.2) is 0 Å². The van der Waals surface area contributed by atoms with Gasteiger partial charge in [0.05, 0.1) is 30.8 Å². The predicted molar refractivity (Wildman–Crippen MR) is 139 cm³/mol. The number of hydrogen-bond acceptors (Lipinski definition) is 10. The quantitative estimate of drug-likeness (QED) is 0.0591. The number of unbranched alkanes of at least 4 members (excludes halogenated alkanes) is 5. The summed E-state index contributed by atoms with van der Waals surface area (Å²) in [4.78, 5) is 40.0. The van der Waals surface area contributed by atoms with E-state index in [1.165, 1.54) is 19.3 Å². The highest BCUT2D eigenvalue weighted by atomic mass is 17.1. The second kappa shape index (κ2) is 21.0. The lowest BCUT2D eigenvalue weighted by molar-refractivity contribution is -0.492. The lowest BCUT2D eigenvalue weighted by atomic mass is 9.86. The molecule has 1 rings (SSSR count). The highest BCUT2D eigenvalue weighted by Gasteiger charge is 2.40. The molecule has 38 heavy (non-hydrogen) atoms. The maximum Gasteiger partial charge on any atom is 0.325 e. The zero-order valence-electron chi connectivity index (χ0n) is 22.8. The summed E-state index contributed by atoms with van der Waals surface area (Å²) in [6.45, 7) is 1.90. The molecule has 0 saturated heterocycles. The van der Waals surface area contributed by atoms with Crippen molar-refractivity contribution in [3.63, 3.8) is 0 Å². The first kappa shape index (κ1) is 34.1. The van der Waals surface area contributed by atoms with Gasteiger partial charge in [0.2, 0.25) is 5.91 Å². The van der Waals surface area contributed by atoms with Gasteiger partial charge in [-0.3, -0.25) is 29.6 Å². The highest BCUT2D eigenvalue weighted by Crippen LogP contribution is 2.38. The number of nitrogens with one attached hydrogen (secondary N) is 1. The van der Waals surface area contributed by atoms with E-state index in [0.717, 1.165) is 12.8 Å². The highest BCUT2D eigenvalue weighted by molar-refractivity contribution is 5.81. The lowest BCUT2D eigenvalue weighted by Crippen LogP contribution is -2.30. The van der Waals surface area contributed by atoms with Gasteiger partial charge in [-0.2, -0.15) is 0 Å². The van der Waals surface area contributed by atoms with Crippen LogP contribution in [0.3, 0.4) is 0 Å². The Balaban J connectivity index is 2.19. The van der Waals surface area contributed by atoms with Crippen LogP contribution in [0.15, 0.2) is 12.2 Å². The van der Waals surface area contributed by atoms with Gasteiger partial charge in [0, 0.05) is 25.7 Å². The van der Waals surface area contributed by atoms with Crippen molar-refractivity contribution in [1.82, 2.24) is 10.7 Å². The smallest absolute Gasteiger partial charge is 0.325 e. The number of esters is 1. The summed E-state index contributed by atoms with van der Waals surface area (Å²) in [6, 6.07) is 0. The Morgan fingerprint density at radius 1 is 0.895 bits per heavy atom. The number of carbonyl (C=O) groups is 3. The molecule has 1 aliphatic rings. The topological polar surface area (TPSA) is 166 Å². The minimum absolute atomic E-state index is 0.0242. The molecule has 1 aliphatic carbocycles. The number of carbonyl (C=O) groups excluding carboxylic acids is 3. The van der Waals surface area contributed by atoms with Crippen molar-refractivity contribution in [2.75, 3.05) is 19.8 Å². The van der Waals surface area contributed by atoms with Gasteiger partial charge >= 0.3 is 5.97 Å². The van der Waals surface area contributed by atoms with Gasteiger partial charge in [-0.1, -0.05) is 44.8 Å². The zero-order chi connectivity index (χ0) is 28.2. The number of allylic oxidation sites excluding steroid dienone is 2. The maximum absolute atomic E-state index is 12.3. The van der Waals surface area contributed by atoms with Gasteiger partial charge in [-0.25, -0.2) is 0 Å². The number of aliphatic hydroxyl groups excluding tert-OH is 2. The predicted octanol–water partition coefficient (Wildman–Crippen LogP) is 3.23. The molecule has 220 valence electrons. The first-order valence-electron chi connectivity index (χ1n) is 14.0. The number of hydrogen-bond donors (Lipinski definition) is 5. The summed E-state index contributed by atoms with van der Waals surface area (Å²) in [7, 11) is 0. The summed E-state index contributed by atoms with van der Waals surface area (Å²) in [5, 5.41) is 39.6. The van der Waals surface area contributed by atoms with E-state index in [2.05, 4.69) is 17.1 Å². The Kier molecular flexibility index (Phi) is 18.9. The summed E-state index contributed by atoms with van der Waals surface area (Å²) in [5.74, 6) is -0.785. The molecule has 11 nitrogen and oxygen atoms in total. The zero-order valence-corrected chi connectivity index (χ0v) is 22.8. The SMILES string of the molecule is CCCCCCCC(=O)CC[C@@H]1[C@@H](C/C=C\CCCC(=O)NCC(=O)OCCCON(O)O)[C@@H](O)C[C@H]1O. The molecule has 0 aromatic heterocycles. The fourth-order valence-electron chi connectivity index (χ4n) is 4.74. The summed E-state index contributed by atoms with van der Waals surface area (Å²) < 4.78 is 4.88. The molecular weight excluding hydrogens is 496 g/mol. The lowest BCUT2D eigenvalue weighted by Gasteiger charge is -2.22. The van der Waals surface area contributed by atoms with E-state index < -0.39 is 23.6 Å². The summed E-state index contributed by atoms with van der Waals surface area (Å²) in [5.41, 5.74) is 0. The van der Waals surface area contributed by atoms with Gasteiger partial charge in [-0.05, 0) is 50.4 Å². The monoisotopic (exact) mass is 544 g/mol. The normalized spacial score (nSPS) is 21.3. The molecule has 0 radical (unpaired) electrons. The summed E-state index contributed by atoms with van der Waals surface area (Å²) in [6.07, 6.45) is 12.7. The average Bonchev–Trinajstić information content (AvgIpc) is 3.14. The largest absolute Gasteiger partial charge is 0.464 e. The molecule has 4 atom stereocenters. The van der Waals surface area contributed by atoms with Crippen molar-refractivity contribution in [2.24, 2.45) is 11.8 Å². The molecule has 0 aliphatic heterocycles. The van der Waals surface area contributed by atoms with E-state index >= 15 is 0 Å². The number of rotatable bonds is 22. The van der Waals surface area contributed by atoms with E-state index in [-0.39, 0.29) is 56.1 Å². The molecule has 5 N–H and O–H groups in total. The molecule has 0 aromatic rings. The van der Waals surface area contributed by atoms with E-state index in [0.29, 0.717) is 44.9 Å². The molecule has 0 unspecified atom stereocenters. The van der Waals surface area contributed by atoms with Gasteiger partial charge in [0.1, 0.15) is 12.3 Å². The van der Waals surface area contributed by atoms with Crippen molar-refractivity contribution in [3.8, 4) is 0 Å². The second-order valence-corrected chi connectivity index (χ2v) is 9.98. The number of aliphatic hydroxyl groups is 2. The summed E-state index contributed by atoms with van der Waals surface area (Å²) >= 11 is 0. The molecule has 1 saturated carbocycles. The molecule has 0 spiro atoms. The number of amides is 1. The molecule has 0 aromatic carbocycles. The van der Waals surface area contributed by atoms with Crippen LogP contribution in [0.25, 0.3) is 0 Å². The number of ketones is 1. The number of Topliss-reactive ketones (excluding diaryl/α,β-unsaturated/α-hetero) is 1. The van der Waals surface area contributed by atoms with Crippen molar-refractivity contribution in [3.05, 3.63) is 12.2 Å². The molecule has 1 amide bonds. The Bertz CT molecular complexity index is 702. The standard InChI is InChI=1S/C27H48N2O9/c1-2-3-4-5-8-12-21(30)15-16-23-22(24(31)19-25(23)32)13-9-6-7-10-14-26(33)28-20-27(34)37-17-11-18-38-29(35)36/h6,9,22-25,31-32,35-36H,2-5,7-8,10-20H2,1H3,(H,28,33)/b9-6-/t22-,23-,24+,25-/m1/s1. The first-order chi connectivity index (χ1) is 18.2. The Hall–Kier alpha value is -1.89. The van der Waals surface area contributed by atoms with Gasteiger partial charge in [0.25, 0.3) is 0 Å². The fourth-order valence-corrected chi connectivity index (χ4v) is 4.74. The second-order valence-electron chi connectivity index (χ2n) is 9.98. The van der Waals surface area contributed by atoms with Crippen LogP contribution in [-0.4, -0.2) is 75.6 Å². The van der Waals surface area contributed by atoms with Crippen molar-refractivity contribution in [2.45, 2.75) is 109 Å². The van der Waals surface area contributed by atoms with Crippen LogP contribution >= 0.6 is 0 Å². The molecular formula is C27H48N2O9. The minimum atomic E-state index is -0.594. The average molecular weight is 545 g/mol. The van der Waals surface area contributed by atoms with Crippen LogP contribution in [0, 0.1) is 11.8 Å². The third-order valence-electron chi connectivity index (χ3n) is 6.87. The number of ether oxygens (including phenoxy) is 1. The van der Waals surface area contributed by atoms with Crippen LogP contribution in [0.5, 0.6) is 0 Å². The number of nitrogens with zero attached hydrogens (tertiary/aromatic N) is 1. The van der Waals surface area contributed by atoms with Crippen LogP contribution in [0.2, 0.25) is 0 Å². The van der Waals surface area contributed by atoms with E-state index in [1.54, 1.807) is 0 Å². The van der Waals surface area contributed by atoms with Crippen LogP contribution in [-0.2, 0) is 24.0 Å². The third-order valence-corrected chi connectivity index (χ3v) is 6.87. The Morgan fingerprint density at radius 2 is 1.63 bits per heavy atom. The van der Waals surface area contributed by atoms with Crippen molar-refractivity contribution >= 4 is 17.7 Å². The Labute approximate surface area is 226 Å². The van der Waals surface area contributed by atoms with Crippen molar-refractivity contribution < 1.29 is 44.6 Å². The van der Waals surface area contributed by atoms with Crippen LogP contribution in [0.4, 0.5) is 0 Å². The first-order valence-corrected chi connectivity index (χ1v) is 14.0. The minimum Gasteiger partial charge on any atom is -0.464 e. The van der Waals surface area contributed by atoms with Crippen molar-refractivity contribution in [1.29, 1.82) is 0 Å². The van der Waals surface area contributed by atoms with Crippen LogP contribution in [0.1, 0.15) is 96.8 Å². The maximum atomic E-state index is 12.3. The molecule has 0 heterocycles. The van der Waals surface area contributed by atoms with Crippen LogP contribution < -0.4 is 5.32 Å². The molecule has 1 fully saturated rings. The third kappa shape index (κ3) is 16.2. The van der Waals surface area contributed by atoms with E-state index in [9.17, 15) is 24.6 Å². The van der Waals surface area contributed by atoms with E-state index in [1.807, 2.05) is 12.2 Å². The van der Waals surface area contributed by atoms with Gasteiger partial charge < -0.3 is 20.3 Å². The Morgan fingerprint density at radius 3 is 2.37 bits per heavy atom. The molecule has 11 heteroatoms. The molecule has 0 bridgehead atoms. The fraction of sp³-hybridized carbons (Fsp3) is 0.815. The van der Waals surface area contributed by atoms with E-state index in [4.69, 9.17) is 15.2 Å².